The summed E-state index contributed by atoms with van der Waals surface area (Å²) in [5.41, 5.74) is 4.14. The predicted octanol–water partition coefficient (Wildman–Crippen LogP) is 4.17. The molecule has 0 fully saturated rings. The molecule has 0 radical (unpaired) electrons. The fourth-order valence-electron chi connectivity index (χ4n) is 1.33. The molecule has 2 aliphatic carbocycles. The molecule has 0 aliphatic heterocycles. The van der Waals surface area contributed by atoms with Gasteiger partial charge in [0.15, 0.2) is 0 Å². The van der Waals surface area contributed by atoms with Gasteiger partial charge in [-0.05, 0) is 0 Å². The molecule has 80 valence electrons. The van der Waals surface area contributed by atoms with E-state index in [0.717, 1.165) is 19.3 Å². The molecule has 0 aromatic heterocycles. The monoisotopic (exact) mass is 366 g/mol. The Bertz CT molecular complexity index is 303. The van der Waals surface area contributed by atoms with E-state index in [4.69, 9.17) is 0 Å². The summed E-state index contributed by atoms with van der Waals surface area (Å²) in [6, 6.07) is 0. The second-order valence-electron chi connectivity index (χ2n) is 3.62. The van der Waals surface area contributed by atoms with Gasteiger partial charge < -0.3 is 0 Å². The number of hydrogen-bond donors (Lipinski definition) is 0. The minimum Gasteiger partial charge on any atom is -0.270 e. The maximum absolute atomic E-state index is 3.21. The van der Waals surface area contributed by atoms with Crippen LogP contribution in [0.5, 0.6) is 0 Å². The van der Waals surface area contributed by atoms with E-state index >= 15 is 0 Å². The van der Waals surface area contributed by atoms with E-state index in [0.29, 0.717) is 0 Å². The van der Waals surface area contributed by atoms with Crippen molar-refractivity contribution in [1.29, 1.82) is 0 Å². The summed E-state index contributed by atoms with van der Waals surface area (Å²) in [5, 5.41) is 0. The Balaban J connectivity index is 0.000000245. The Labute approximate surface area is 113 Å². The molecule has 0 atom stereocenters. The standard InChI is InChI=1S/2C7H9.Hf/c1-6-4-3-5-7(6)2;1-2-7-5-3-4-6-7;/h3H,4H2,1-2H3;3,5H,2,4H2,1H3;/q2*-1;. The first-order chi connectivity index (χ1) is 6.74. The summed E-state index contributed by atoms with van der Waals surface area (Å²) in [6.45, 7) is 6.39. The van der Waals surface area contributed by atoms with Gasteiger partial charge in [0, 0.05) is 25.8 Å². The van der Waals surface area contributed by atoms with Crippen molar-refractivity contribution in [2.45, 2.75) is 40.0 Å². The average molecular weight is 365 g/mol. The molecule has 0 saturated carbocycles. The molecule has 0 aromatic rings. The smallest absolute Gasteiger partial charge is 0 e. The zero-order valence-corrected chi connectivity index (χ0v) is 13.4. The van der Waals surface area contributed by atoms with Crippen LogP contribution in [-0.2, 0) is 25.8 Å². The topological polar surface area (TPSA) is 0 Å². The van der Waals surface area contributed by atoms with Crippen LogP contribution in [0.15, 0.2) is 34.9 Å². The van der Waals surface area contributed by atoms with Crippen molar-refractivity contribution in [3.8, 4) is 0 Å². The van der Waals surface area contributed by atoms with Crippen molar-refractivity contribution in [1.82, 2.24) is 0 Å². The van der Waals surface area contributed by atoms with Gasteiger partial charge in [-0.25, -0.2) is 22.8 Å². The summed E-state index contributed by atoms with van der Waals surface area (Å²) in [4.78, 5) is 0. The molecular weight excluding hydrogens is 347 g/mol. The van der Waals surface area contributed by atoms with Gasteiger partial charge in [-0.3, -0.25) is 12.2 Å². The summed E-state index contributed by atoms with van der Waals surface area (Å²) < 4.78 is 0. The van der Waals surface area contributed by atoms with Crippen LogP contribution >= 0.6 is 0 Å². The molecule has 0 bridgehead atoms. The zero-order valence-electron chi connectivity index (χ0n) is 9.85. The van der Waals surface area contributed by atoms with E-state index in [9.17, 15) is 0 Å². The first-order valence-electron chi connectivity index (χ1n) is 5.24. The van der Waals surface area contributed by atoms with Crippen LogP contribution in [0.25, 0.3) is 0 Å². The van der Waals surface area contributed by atoms with Crippen molar-refractivity contribution >= 4 is 0 Å². The van der Waals surface area contributed by atoms with Crippen LogP contribution in [-0.4, -0.2) is 0 Å². The van der Waals surface area contributed by atoms with E-state index in [1.807, 2.05) is 0 Å². The molecule has 0 aromatic carbocycles. The largest absolute Gasteiger partial charge is 0.270 e. The average Bonchev–Trinajstić information content (AvgIpc) is 2.80. The van der Waals surface area contributed by atoms with Gasteiger partial charge in [0.05, 0.1) is 0 Å². The van der Waals surface area contributed by atoms with Crippen molar-refractivity contribution in [2.75, 3.05) is 0 Å². The normalized spacial score (nSPS) is 17.1. The van der Waals surface area contributed by atoms with Gasteiger partial charge in [0.25, 0.3) is 0 Å². The maximum atomic E-state index is 3.21. The third-order valence-electron chi connectivity index (χ3n) is 2.51. The first-order valence-corrected chi connectivity index (χ1v) is 5.24. The Morgan fingerprint density at radius 2 is 2.07 bits per heavy atom. The molecule has 0 N–H and O–H groups in total. The van der Waals surface area contributed by atoms with Gasteiger partial charge in [0.1, 0.15) is 0 Å². The van der Waals surface area contributed by atoms with Crippen molar-refractivity contribution in [2.24, 2.45) is 0 Å². The van der Waals surface area contributed by atoms with Crippen molar-refractivity contribution in [3.63, 3.8) is 0 Å². The Morgan fingerprint density at radius 1 is 1.33 bits per heavy atom. The third-order valence-corrected chi connectivity index (χ3v) is 2.51. The third kappa shape index (κ3) is 5.46. The van der Waals surface area contributed by atoms with Crippen LogP contribution in [0.1, 0.15) is 40.0 Å². The summed E-state index contributed by atoms with van der Waals surface area (Å²) in [7, 11) is 0. The molecule has 15 heavy (non-hydrogen) atoms. The van der Waals surface area contributed by atoms with Gasteiger partial charge in [-0.2, -0.15) is 12.2 Å². The fourth-order valence-corrected chi connectivity index (χ4v) is 1.33. The van der Waals surface area contributed by atoms with Crippen LogP contribution in [0, 0.1) is 12.2 Å². The molecule has 0 amide bonds. The zero-order chi connectivity index (χ0) is 10.4. The van der Waals surface area contributed by atoms with Gasteiger partial charge >= 0.3 is 0 Å². The van der Waals surface area contributed by atoms with Gasteiger partial charge in [-0.1, -0.05) is 26.7 Å². The summed E-state index contributed by atoms with van der Waals surface area (Å²) >= 11 is 0. The molecule has 2 aliphatic rings. The Kier molecular flexibility index (Phi) is 7.95. The minimum atomic E-state index is 0. The number of rotatable bonds is 1. The number of hydrogen-bond acceptors (Lipinski definition) is 0. The van der Waals surface area contributed by atoms with Gasteiger partial charge in [-0.15, -0.1) is 13.3 Å². The molecular formula is C14H18Hf-2. The van der Waals surface area contributed by atoms with Crippen LogP contribution in [0.4, 0.5) is 0 Å². The molecule has 0 nitrogen and oxygen atoms in total. The Morgan fingerprint density at radius 3 is 2.27 bits per heavy atom. The molecule has 0 saturated heterocycles. The second kappa shape index (κ2) is 8.04. The molecule has 0 heterocycles. The van der Waals surface area contributed by atoms with Crippen LogP contribution in [0.2, 0.25) is 0 Å². The van der Waals surface area contributed by atoms with E-state index in [2.05, 4.69) is 51.2 Å². The quantitative estimate of drug-likeness (QED) is 0.484. The van der Waals surface area contributed by atoms with E-state index in [-0.39, 0.29) is 25.8 Å². The minimum absolute atomic E-state index is 0. The molecule has 0 spiro atoms. The summed E-state index contributed by atoms with van der Waals surface area (Å²) in [5.74, 6) is 0. The van der Waals surface area contributed by atoms with E-state index < -0.39 is 0 Å². The Hall–Kier alpha value is -0.170. The molecule has 1 heteroatoms. The number of allylic oxidation sites excluding steroid dienone is 8. The first kappa shape index (κ1) is 14.8. The molecule has 2 rings (SSSR count). The second-order valence-corrected chi connectivity index (χ2v) is 3.62. The maximum Gasteiger partial charge on any atom is 0 e. The predicted molar refractivity (Wildman–Crippen MR) is 61.6 cm³/mol. The van der Waals surface area contributed by atoms with E-state index in [1.54, 1.807) is 0 Å². The van der Waals surface area contributed by atoms with Crippen molar-refractivity contribution < 1.29 is 25.8 Å². The van der Waals surface area contributed by atoms with Gasteiger partial charge in [0.2, 0.25) is 0 Å². The summed E-state index contributed by atoms with van der Waals surface area (Å²) in [6.07, 6.45) is 16.0. The van der Waals surface area contributed by atoms with E-state index in [1.165, 1.54) is 16.7 Å². The van der Waals surface area contributed by atoms with Crippen LogP contribution < -0.4 is 0 Å². The SMILES string of the molecule is CC1=C(C)CC=[C-]1.CCC1=[C-]CC=C1.[Hf]. The van der Waals surface area contributed by atoms with Crippen LogP contribution in [0.3, 0.4) is 0 Å². The fraction of sp³-hybridized carbons (Fsp3) is 0.429. The van der Waals surface area contributed by atoms with Crippen molar-refractivity contribution in [3.05, 3.63) is 47.1 Å². The molecule has 0 unspecified atom stereocenters.